The smallest absolute Gasteiger partial charge is 0.144 e. The summed E-state index contributed by atoms with van der Waals surface area (Å²) in [5.41, 5.74) is 1.14. The monoisotopic (exact) mass is 278 g/mol. The summed E-state index contributed by atoms with van der Waals surface area (Å²) >= 11 is -1.15. The molecule has 104 valence electrons. The van der Waals surface area contributed by atoms with Gasteiger partial charge in [-0.1, -0.05) is 10.5 Å². The maximum atomic E-state index is 11.9. The molecule has 0 amide bonds. The van der Waals surface area contributed by atoms with E-state index in [0.717, 1.165) is 18.0 Å². The van der Waals surface area contributed by atoms with Gasteiger partial charge in [-0.15, -0.1) is 0 Å². The van der Waals surface area contributed by atoms with Gasteiger partial charge in [0.1, 0.15) is 16.1 Å². The first-order valence-electron chi connectivity index (χ1n) is 6.84. The highest BCUT2D eigenvalue weighted by Gasteiger charge is 2.33. The average Bonchev–Trinajstić information content (AvgIpc) is 3.18. The molecule has 3 nitrogen and oxygen atoms in total. The first kappa shape index (κ1) is 14.5. The van der Waals surface area contributed by atoms with E-state index in [-0.39, 0.29) is 4.75 Å². The molecule has 2 rings (SSSR count). The van der Waals surface area contributed by atoms with Crippen LogP contribution in [0.1, 0.15) is 51.6 Å². The van der Waals surface area contributed by atoms with Gasteiger partial charge in [0.15, 0.2) is 0 Å². The van der Waals surface area contributed by atoms with Crippen LogP contribution in [0.4, 0.5) is 0 Å². The Morgan fingerprint density at radius 2 is 2.21 bits per heavy atom. The minimum atomic E-state index is -1.15. The van der Waals surface area contributed by atoms with Crippen molar-refractivity contribution in [3.8, 4) is 0 Å². The van der Waals surface area contributed by atoms with Crippen LogP contribution in [-0.4, -0.2) is 20.5 Å². The number of pyridine rings is 1. The first-order chi connectivity index (χ1) is 8.98. The summed E-state index contributed by atoms with van der Waals surface area (Å²) in [6.45, 7) is 5.83. The van der Waals surface area contributed by atoms with Gasteiger partial charge in [-0.3, -0.25) is 4.98 Å². The SMILES string of the molecule is CC(C)(C)[S+]([O-])N=CC[C@H](c1ccccn1)C1CC1. The second-order valence-corrected chi connectivity index (χ2v) is 8.02. The zero-order valence-electron chi connectivity index (χ0n) is 11.9. The minimum Gasteiger partial charge on any atom is -0.591 e. The van der Waals surface area contributed by atoms with Crippen LogP contribution in [0.15, 0.2) is 28.8 Å². The predicted octanol–water partition coefficient (Wildman–Crippen LogP) is 3.50. The lowest BCUT2D eigenvalue weighted by Gasteiger charge is -2.18. The number of hydrogen-bond acceptors (Lipinski definition) is 3. The molecule has 1 heterocycles. The van der Waals surface area contributed by atoms with E-state index in [1.165, 1.54) is 12.8 Å². The lowest BCUT2D eigenvalue weighted by Crippen LogP contribution is -2.25. The van der Waals surface area contributed by atoms with Crippen LogP contribution >= 0.6 is 0 Å². The Hall–Kier alpha value is -0.870. The summed E-state index contributed by atoms with van der Waals surface area (Å²) in [5.74, 6) is 1.16. The largest absolute Gasteiger partial charge is 0.591 e. The molecule has 1 aliphatic carbocycles. The van der Waals surface area contributed by atoms with E-state index in [1.807, 2.05) is 45.3 Å². The third kappa shape index (κ3) is 4.32. The van der Waals surface area contributed by atoms with Crippen LogP contribution in [0.25, 0.3) is 0 Å². The normalized spacial score (nSPS) is 19.6. The molecule has 1 aliphatic rings. The lowest BCUT2D eigenvalue weighted by atomic mass is 9.96. The van der Waals surface area contributed by atoms with E-state index >= 15 is 0 Å². The van der Waals surface area contributed by atoms with Gasteiger partial charge in [0.2, 0.25) is 0 Å². The summed E-state index contributed by atoms with van der Waals surface area (Å²) in [6.07, 6.45) is 7.06. The Morgan fingerprint density at radius 1 is 1.47 bits per heavy atom. The van der Waals surface area contributed by atoms with Crippen LogP contribution in [-0.2, 0) is 11.4 Å². The molecule has 19 heavy (non-hydrogen) atoms. The van der Waals surface area contributed by atoms with Gasteiger partial charge in [-0.05, 0) is 58.1 Å². The van der Waals surface area contributed by atoms with E-state index in [0.29, 0.717) is 5.92 Å². The van der Waals surface area contributed by atoms with Crippen molar-refractivity contribution in [2.24, 2.45) is 10.3 Å². The Balaban J connectivity index is 1.97. The van der Waals surface area contributed by atoms with E-state index in [2.05, 4.69) is 15.4 Å². The Bertz CT molecular complexity index is 424. The maximum Gasteiger partial charge on any atom is 0.144 e. The number of nitrogens with zero attached hydrogens (tertiary/aromatic N) is 2. The van der Waals surface area contributed by atoms with Crippen molar-refractivity contribution in [3.05, 3.63) is 30.1 Å². The second kappa shape index (κ2) is 6.06. The molecule has 1 fully saturated rings. The highest BCUT2D eigenvalue weighted by Crippen LogP contribution is 2.43. The fraction of sp³-hybridized carbons (Fsp3) is 0.600. The molecule has 0 saturated heterocycles. The molecule has 1 unspecified atom stereocenters. The van der Waals surface area contributed by atoms with Crippen molar-refractivity contribution >= 4 is 17.6 Å². The molecule has 1 aromatic heterocycles. The molecule has 0 bridgehead atoms. The van der Waals surface area contributed by atoms with Crippen LogP contribution in [0, 0.1) is 5.92 Å². The van der Waals surface area contributed by atoms with Crippen molar-refractivity contribution in [1.29, 1.82) is 0 Å². The third-order valence-corrected chi connectivity index (χ3v) is 4.70. The number of rotatable bonds is 5. The summed E-state index contributed by atoms with van der Waals surface area (Å²) < 4.78 is 15.8. The Labute approximate surface area is 118 Å². The molecule has 0 aliphatic heterocycles. The van der Waals surface area contributed by atoms with Gasteiger partial charge in [0.25, 0.3) is 0 Å². The third-order valence-electron chi connectivity index (χ3n) is 3.31. The van der Waals surface area contributed by atoms with E-state index in [1.54, 1.807) is 0 Å². The predicted molar refractivity (Wildman–Crippen MR) is 80.7 cm³/mol. The van der Waals surface area contributed by atoms with Gasteiger partial charge in [-0.2, -0.15) is 0 Å². The molecule has 0 N–H and O–H groups in total. The summed E-state index contributed by atoms with van der Waals surface area (Å²) in [4.78, 5) is 4.45. The summed E-state index contributed by atoms with van der Waals surface area (Å²) in [5, 5.41) is 0. The van der Waals surface area contributed by atoms with Crippen molar-refractivity contribution < 1.29 is 4.55 Å². The highest BCUT2D eigenvalue weighted by atomic mass is 32.2. The summed E-state index contributed by atoms with van der Waals surface area (Å²) in [6, 6.07) is 6.05. The molecule has 0 aromatic carbocycles. The van der Waals surface area contributed by atoms with Gasteiger partial charge in [-0.25, -0.2) is 0 Å². The van der Waals surface area contributed by atoms with Crippen molar-refractivity contribution in [3.63, 3.8) is 0 Å². The molecule has 0 radical (unpaired) electrons. The molecule has 0 spiro atoms. The van der Waals surface area contributed by atoms with Crippen LogP contribution in [0.3, 0.4) is 0 Å². The zero-order valence-corrected chi connectivity index (χ0v) is 12.7. The van der Waals surface area contributed by atoms with E-state index < -0.39 is 11.4 Å². The van der Waals surface area contributed by atoms with Gasteiger partial charge >= 0.3 is 0 Å². The molecule has 4 heteroatoms. The number of hydrogen-bond donors (Lipinski definition) is 0. The van der Waals surface area contributed by atoms with Gasteiger partial charge in [0.05, 0.1) is 6.21 Å². The van der Waals surface area contributed by atoms with Crippen LogP contribution < -0.4 is 0 Å². The Kier molecular flexibility index (Phi) is 4.63. The fourth-order valence-electron chi connectivity index (χ4n) is 2.03. The molecule has 1 saturated carbocycles. The molecular formula is C15H22N2OS. The molecular weight excluding hydrogens is 256 g/mol. The fourth-order valence-corrected chi connectivity index (χ4v) is 2.57. The van der Waals surface area contributed by atoms with Crippen LogP contribution in [0.2, 0.25) is 0 Å². The quantitative estimate of drug-likeness (QED) is 0.611. The van der Waals surface area contributed by atoms with Gasteiger partial charge < -0.3 is 4.55 Å². The van der Waals surface area contributed by atoms with E-state index in [9.17, 15) is 4.55 Å². The molecule has 2 atom stereocenters. The topological polar surface area (TPSA) is 48.3 Å². The Morgan fingerprint density at radius 3 is 2.74 bits per heavy atom. The van der Waals surface area contributed by atoms with Gasteiger partial charge in [0, 0.05) is 17.8 Å². The summed E-state index contributed by atoms with van der Waals surface area (Å²) in [7, 11) is 0. The maximum absolute atomic E-state index is 11.9. The van der Waals surface area contributed by atoms with Crippen molar-refractivity contribution in [2.75, 3.05) is 0 Å². The van der Waals surface area contributed by atoms with Crippen molar-refractivity contribution in [2.45, 2.75) is 50.7 Å². The zero-order chi connectivity index (χ0) is 13.9. The lowest BCUT2D eigenvalue weighted by molar-refractivity contribution is 0.561. The average molecular weight is 278 g/mol. The van der Waals surface area contributed by atoms with Crippen molar-refractivity contribution in [1.82, 2.24) is 4.98 Å². The van der Waals surface area contributed by atoms with Crippen LogP contribution in [0.5, 0.6) is 0 Å². The standard InChI is InChI=1S/C15H22N2OS/c1-15(2,3)19(18)17-11-9-13(12-7-8-12)14-6-4-5-10-16-14/h4-6,10-13H,7-9H2,1-3H3/t13-,19?/m0/s1. The van der Waals surface area contributed by atoms with E-state index in [4.69, 9.17) is 0 Å². The first-order valence-corrected chi connectivity index (χ1v) is 7.94. The highest BCUT2D eigenvalue weighted by molar-refractivity contribution is 7.91. The number of aromatic nitrogens is 1. The minimum absolute atomic E-state index is 0.281. The second-order valence-electron chi connectivity index (χ2n) is 6.08. The molecule has 1 aromatic rings.